The van der Waals surface area contributed by atoms with Gasteiger partial charge in [-0.05, 0) is 30.7 Å². The van der Waals surface area contributed by atoms with Gasteiger partial charge in [-0.25, -0.2) is 0 Å². The van der Waals surface area contributed by atoms with E-state index in [0.717, 1.165) is 31.9 Å². The summed E-state index contributed by atoms with van der Waals surface area (Å²) in [5, 5.41) is 2.87. The number of nitrogens with one attached hydrogen (secondary N) is 2. The van der Waals surface area contributed by atoms with Crippen LogP contribution in [0.2, 0.25) is 0 Å². The first-order chi connectivity index (χ1) is 12.1. The lowest BCUT2D eigenvalue weighted by atomic mass is 10.2. The van der Waals surface area contributed by atoms with Gasteiger partial charge in [-0.2, -0.15) is 0 Å². The monoisotopic (exact) mass is 350 g/mol. The van der Waals surface area contributed by atoms with Gasteiger partial charge in [0, 0.05) is 18.7 Å². The molecule has 1 aromatic rings. The number of carbonyl (C=O) groups excluding carboxylic acids is 2. The average Bonchev–Trinajstić information content (AvgIpc) is 2.65. The van der Waals surface area contributed by atoms with E-state index in [9.17, 15) is 9.59 Å². The van der Waals surface area contributed by atoms with E-state index in [4.69, 9.17) is 4.74 Å². The summed E-state index contributed by atoms with van der Waals surface area (Å²) >= 11 is 0. The Balaban J connectivity index is 1.65. The van der Waals surface area contributed by atoms with E-state index >= 15 is 0 Å². The summed E-state index contributed by atoms with van der Waals surface area (Å²) in [5.41, 5.74) is 1.19. The van der Waals surface area contributed by atoms with Crippen LogP contribution in [-0.4, -0.2) is 65.4 Å². The fourth-order valence-corrected chi connectivity index (χ4v) is 2.90. The van der Waals surface area contributed by atoms with Gasteiger partial charge in [0.05, 0.1) is 40.4 Å². The molecule has 2 N–H and O–H groups in total. The van der Waals surface area contributed by atoms with Crippen molar-refractivity contribution in [1.82, 2.24) is 5.32 Å². The van der Waals surface area contributed by atoms with Crippen molar-refractivity contribution in [3.8, 4) is 5.75 Å². The molecule has 0 aliphatic carbocycles. The molecule has 7 nitrogen and oxygen atoms in total. The Kier molecular flexibility index (Phi) is 7.53. The quantitative estimate of drug-likeness (QED) is 0.487. The number of quaternary nitrogens is 1. The molecule has 0 spiro atoms. The maximum atomic E-state index is 12.0. The van der Waals surface area contributed by atoms with Crippen molar-refractivity contribution < 1.29 is 24.0 Å². The molecule has 0 saturated carbocycles. The second-order valence-corrected chi connectivity index (χ2v) is 6.14. The molecule has 1 fully saturated rings. The van der Waals surface area contributed by atoms with Crippen LogP contribution >= 0.6 is 0 Å². The zero-order valence-electron chi connectivity index (χ0n) is 15.0. The van der Waals surface area contributed by atoms with Gasteiger partial charge in [0.25, 0.3) is 5.91 Å². The van der Waals surface area contributed by atoms with Crippen LogP contribution in [0.4, 0.5) is 5.69 Å². The number of amides is 1. The lowest BCUT2D eigenvalue weighted by molar-refractivity contribution is -0.892. The first-order valence-electron chi connectivity index (χ1n) is 8.68. The Morgan fingerprint density at radius 1 is 1.16 bits per heavy atom. The molecule has 1 aromatic carbocycles. The van der Waals surface area contributed by atoms with Crippen LogP contribution in [0.1, 0.15) is 12.8 Å². The van der Waals surface area contributed by atoms with Crippen molar-refractivity contribution in [1.29, 1.82) is 0 Å². The van der Waals surface area contributed by atoms with E-state index in [1.807, 2.05) is 12.1 Å². The molecule has 0 unspecified atom stereocenters. The maximum Gasteiger partial charge on any atom is 0.305 e. The fraction of sp³-hybridized carbons (Fsp3) is 0.556. The van der Waals surface area contributed by atoms with Crippen molar-refractivity contribution >= 4 is 17.6 Å². The normalized spacial score (nSPS) is 14.9. The Morgan fingerprint density at radius 2 is 1.84 bits per heavy atom. The molecule has 1 heterocycles. The summed E-state index contributed by atoms with van der Waals surface area (Å²) < 4.78 is 9.76. The van der Waals surface area contributed by atoms with E-state index < -0.39 is 0 Å². The first kappa shape index (κ1) is 19.1. The van der Waals surface area contributed by atoms with Crippen molar-refractivity contribution in [2.75, 3.05) is 58.4 Å². The Labute approximate surface area is 148 Å². The number of piperazine rings is 1. The number of anilines is 1. The lowest BCUT2D eigenvalue weighted by Crippen LogP contribution is -3.15. The SMILES string of the molecule is COC(=O)CCCNC(=O)C[NH+]1CCN(c2ccc(OC)cc2)CC1. The number of methoxy groups -OCH3 is 2. The molecule has 0 atom stereocenters. The predicted molar refractivity (Wildman–Crippen MR) is 95.0 cm³/mol. The second kappa shape index (κ2) is 9.88. The molecule has 25 heavy (non-hydrogen) atoms. The van der Waals surface area contributed by atoms with Crippen molar-refractivity contribution in [2.24, 2.45) is 0 Å². The summed E-state index contributed by atoms with van der Waals surface area (Å²) in [6, 6.07) is 8.07. The zero-order chi connectivity index (χ0) is 18.1. The molecule has 1 amide bonds. The Bertz CT molecular complexity index is 554. The number of nitrogens with zero attached hydrogens (tertiary/aromatic N) is 1. The van der Waals surface area contributed by atoms with Gasteiger partial charge < -0.3 is 24.6 Å². The minimum Gasteiger partial charge on any atom is -0.497 e. The highest BCUT2D eigenvalue weighted by molar-refractivity contribution is 5.76. The van der Waals surface area contributed by atoms with Gasteiger partial charge in [0.1, 0.15) is 5.75 Å². The number of carbonyl (C=O) groups is 2. The minimum absolute atomic E-state index is 0.0396. The molecule has 0 aromatic heterocycles. The third-order valence-corrected chi connectivity index (χ3v) is 4.43. The summed E-state index contributed by atoms with van der Waals surface area (Å²) in [5.74, 6) is 0.657. The van der Waals surface area contributed by atoms with Crippen molar-refractivity contribution in [2.45, 2.75) is 12.8 Å². The van der Waals surface area contributed by atoms with Gasteiger partial charge in [-0.1, -0.05) is 0 Å². The molecule has 1 aliphatic heterocycles. The molecule has 138 valence electrons. The third kappa shape index (κ3) is 6.26. The standard InChI is InChI=1S/C18H27N3O4/c1-24-16-7-5-15(6-8-16)21-12-10-20(11-13-21)14-17(22)19-9-3-4-18(23)25-2/h5-8H,3-4,9-14H2,1-2H3,(H,19,22)/p+1. The van der Waals surface area contributed by atoms with Crippen LogP contribution < -0.4 is 19.9 Å². The van der Waals surface area contributed by atoms with Gasteiger partial charge in [0.2, 0.25) is 0 Å². The van der Waals surface area contributed by atoms with Crippen molar-refractivity contribution in [3.05, 3.63) is 24.3 Å². The number of ether oxygens (including phenoxy) is 2. The number of benzene rings is 1. The Morgan fingerprint density at radius 3 is 2.44 bits per heavy atom. The summed E-state index contributed by atoms with van der Waals surface area (Å²) in [7, 11) is 3.04. The molecule has 7 heteroatoms. The van der Waals surface area contributed by atoms with Crippen LogP contribution in [0, 0.1) is 0 Å². The number of rotatable bonds is 8. The summed E-state index contributed by atoms with van der Waals surface area (Å²) in [4.78, 5) is 26.6. The van der Waals surface area contributed by atoms with E-state index in [0.29, 0.717) is 25.9 Å². The van der Waals surface area contributed by atoms with Gasteiger partial charge in [-0.15, -0.1) is 0 Å². The van der Waals surface area contributed by atoms with Crippen LogP contribution in [0.3, 0.4) is 0 Å². The predicted octanol–water partition coefficient (Wildman–Crippen LogP) is -0.530. The van der Waals surface area contributed by atoms with Gasteiger partial charge in [0.15, 0.2) is 6.54 Å². The third-order valence-electron chi connectivity index (χ3n) is 4.43. The molecule has 0 bridgehead atoms. The highest BCUT2D eigenvalue weighted by atomic mass is 16.5. The number of hydrogen-bond acceptors (Lipinski definition) is 5. The van der Waals surface area contributed by atoms with E-state index in [2.05, 4.69) is 27.1 Å². The van der Waals surface area contributed by atoms with Crippen LogP contribution in [0.5, 0.6) is 5.75 Å². The first-order valence-corrected chi connectivity index (χ1v) is 8.68. The van der Waals surface area contributed by atoms with Crippen LogP contribution in [-0.2, 0) is 14.3 Å². The van der Waals surface area contributed by atoms with Crippen LogP contribution in [0.15, 0.2) is 24.3 Å². The molecule has 0 radical (unpaired) electrons. The topological polar surface area (TPSA) is 72.3 Å². The maximum absolute atomic E-state index is 12.0. The van der Waals surface area contributed by atoms with Gasteiger partial charge >= 0.3 is 5.97 Å². The molecule has 1 saturated heterocycles. The minimum atomic E-state index is -0.241. The number of hydrogen-bond donors (Lipinski definition) is 2. The summed E-state index contributed by atoms with van der Waals surface area (Å²) in [6.45, 7) is 4.71. The van der Waals surface area contributed by atoms with E-state index in [1.54, 1.807) is 7.11 Å². The lowest BCUT2D eigenvalue weighted by Gasteiger charge is -2.33. The molecule has 1 aliphatic rings. The fourth-order valence-electron chi connectivity index (χ4n) is 2.90. The molecular formula is C18H28N3O4+. The van der Waals surface area contributed by atoms with Crippen molar-refractivity contribution in [3.63, 3.8) is 0 Å². The average molecular weight is 350 g/mol. The highest BCUT2D eigenvalue weighted by Crippen LogP contribution is 2.18. The zero-order valence-corrected chi connectivity index (χ0v) is 15.0. The summed E-state index contributed by atoms with van der Waals surface area (Å²) in [6.07, 6.45) is 0.948. The molecule has 2 rings (SSSR count). The number of esters is 1. The van der Waals surface area contributed by atoms with Gasteiger partial charge in [-0.3, -0.25) is 9.59 Å². The largest absolute Gasteiger partial charge is 0.497 e. The second-order valence-electron chi connectivity index (χ2n) is 6.14. The molecular weight excluding hydrogens is 322 g/mol. The van der Waals surface area contributed by atoms with E-state index in [1.165, 1.54) is 17.7 Å². The Hall–Kier alpha value is -2.28. The van der Waals surface area contributed by atoms with Crippen LogP contribution in [0.25, 0.3) is 0 Å². The van der Waals surface area contributed by atoms with E-state index in [-0.39, 0.29) is 11.9 Å². The highest BCUT2D eigenvalue weighted by Gasteiger charge is 2.22. The smallest absolute Gasteiger partial charge is 0.305 e.